The Hall–Kier alpha value is -1.41. The van der Waals surface area contributed by atoms with Gasteiger partial charge in [0.05, 0.1) is 17.5 Å². The van der Waals surface area contributed by atoms with Gasteiger partial charge in [-0.1, -0.05) is 18.5 Å². The molecule has 2 aromatic rings. The molecule has 1 aliphatic heterocycles. The Morgan fingerprint density at radius 1 is 1.31 bits per heavy atom. The van der Waals surface area contributed by atoms with Gasteiger partial charge in [0.1, 0.15) is 0 Å². The Morgan fingerprint density at radius 3 is 2.65 bits per heavy atom. The molecule has 1 atom stereocenters. The molecule has 0 bridgehead atoms. The maximum absolute atomic E-state index is 12.8. The first kappa shape index (κ1) is 19.4. The summed E-state index contributed by atoms with van der Waals surface area (Å²) in [7, 11) is -2.30. The molecular formula is C18H21ClN2O3S2. The zero-order valence-electron chi connectivity index (χ0n) is 14.7. The zero-order valence-corrected chi connectivity index (χ0v) is 17.1. The number of nitrogens with zero attached hydrogens (tertiary/aromatic N) is 2. The summed E-state index contributed by atoms with van der Waals surface area (Å²) in [5, 5.41) is 2.52. The van der Waals surface area contributed by atoms with Crippen molar-refractivity contribution in [2.24, 2.45) is 0 Å². The maximum Gasteiger partial charge on any atom is 0.243 e. The molecule has 0 saturated carbocycles. The van der Waals surface area contributed by atoms with Gasteiger partial charge in [-0.15, -0.1) is 11.3 Å². The highest BCUT2D eigenvalue weighted by atomic mass is 35.5. The van der Waals surface area contributed by atoms with Gasteiger partial charge in [-0.3, -0.25) is 4.79 Å². The average Bonchev–Trinajstić information content (AvgIpc) is 3.09. The van der Waals surface area contributed by atoms with Crippen LogP contribution in [0.1, 0.15) is 29.8 Å². The summed E-state index contributed by atoms with van der Waals surface area (Å²) in [6.07, 6.45) is 1.63. The summed E-state index contributed by atoms with van der Waals surface area (Å²) in [5.41, 5.74) is 1.19. The molecule has 0 radical (unpaired) electrons. The molecule has 26 heavy (non-hydrogen) atoms. The van der Waals surface area contributed by atoms with Crippen molar-refractivity contribution < 1.29 is 13.2 Å². The molecule has 0 aliphatic carbocycles. The SMILES string of the molecule is CC[C@H]1c2ccsc2CCN1C(=O)CN(C)S(=O)(=O)c1ccc(Cl)cc1. The molecule has 0 saturated heterocycles. The lowest BCUT2D eigenvalue weighted by atomic mass is 9.98. The molecule has 1 aromatic heterocycles. The van der Waals surface area contributed by atoms with Crippen LogP contribution in [0, 0.1) is 0 Å². The van der Waals surface area contributed by atoms with E-state index >= 15 is 0 Å². The molecule has 1 amide bonds. The number of hydrogen-bond donors (Lipinski definition) is 0. The standard InChI is InChI=1S/C18H21ClN2O3S2/c1-3-16-15-9-11-25-17(15)8-10-21(16)18(22)12-20(2)26(23,24)14-6-4-13(19)5-7-14/h4-7,9,11,16H,3,8,10,12H2,1-2H3/t16-/m0/s1. The van der Waals surface area contributed by atoms with Crippen molar-refractivity contribution in [1.29, 1.82) is 0 Å². The van der Waals surface area contributed by atoms with Crippen molar-refractivity contribution in [3.05, 3.63) is 51.2 Å². The summed E-state index contributed by atoms with van der Waals surface area (Å²) in [5.74, 6) is -0.172. The van der Waals surface area contributed by atoms with Crippen molar-refractivity contribution in [3.8, 4) is 0 Å². The Balaban J connectivity index is 1.76. The number of likely N-dealkylation sites (N-methyl/N-ethyl adjacent to an activating group) is 1. The van der Waals surface area contributed by atoms with E-state index < -0.39 is 10.0 Å². The number of sulfonamides is 1. The lowest BCUT2D eigenvalue weighted by Gasteiger charge is -2.36. The smallest absolute Gasteiger partial charge is 0.243 e. The second-order valence-corrected chi connectivity index (χ2v) is 9.76. The third-order valence-electron chi connectivity index (χ3n) is 4.68. The van der Waals surface area contributed by atoms with Gasteiger partial charge in [0.15, 0.2) is 0 Å². The third-order valence-corrected chi connectivity index (χ3v) is 7.75. The molecule has 1 aliphatic rings. The first-order valence-electron chi connectivity index (χ1n) is 8.42. The molecule has 3 rings (SSSR count). The Morgan fingerprint density at radius 2 is 2.00 bits per heavy atom. The van der Waals surface area contributed by atoms with Gasteiger partial charge < -0.3 is 4.90 Å². The van der Waals surface area contributed by atoms with Crippen LogP contribution in [0.15, 0.2) is 40.6 Å². The number of carbonyl (C=O) groups is 1. The molecule has 0 spiro atoms. The van der Waals surface area contributed by atoms with Crippen LogP contribution >= 0.6 is 22.9 Å². The van der Waals surface area contributed by atoms with Gasteiger partial charge in [0, 0.05) is 23.5 Å². The van der Waals surface area contributed by atoms with Gasteiger partial charge >= 0.3 is 0 Å². The molecular weight excluding hydrogens is 392 g/mol. The molecule has 8 heteroatoms. The van der Waals surface area contributed by atoms with Crippen molar-refractivity contribution in [2.75, 3.05) is 20.1 Å². The summed E-state index contributed by atoms with van der Waals surface area (Å²) >= 11 is 7.54. The van der Waals surface area contributed by atoms with Crippen LogP contribution in [-0.2, 0) is 21.2 Å². The predicted molar refractivity (Wildman–Crippen MR) is 104 cm³/mol. The van der Waals surface area contributed by atoms with E-state index in [0.29, 0.717) is 11.6 Å². The minimum atomic E-state index is -3.73. The third kappa shape index (κ3) is 3.67. The van der Waals surface area contributed by atoms with E-state index in [1.54, 1.807) is 11.3 Å². The quantitative estimate of drug-likeness (QED) is 0.754. The Bertz CT molecular complexity index is 893. The van der Waals surface area contributed by atoms with Gasteiger partial charge in [0.2, 0.25) is 15.9 Å². The number of amides is 1. The van der Waals surface area contributed by atoms with Crippen molar-refractivity contribution in [3.63, 3.8) is 0 Å². The van der Waals surface area contributed by atoms with Crippen LogP contribution < -0.4 is 0 Å². The van der Waals surface area contributed by atoms with Gasteiger partial charge in [-0.25, -0.2) is 8.42 Å². The molecule has 5 nitrogen and oxygen atoms in total. The highest BCUT2D eigenvalue weighted by Gasteiger charge is 2.32. The number of thiophene rings is 1. The van der Waals surface area contributed by atoms with E-state index in [9.17, 15) is 13.2 Å². The fourth-order valence-corrected chi connectivity index (χ4v) is 5.46. The second kappa shape index (κ2) is 7.68. The normalized spacial score (nSPS) is 17.4. The monoisotopic (exact) mass is 412 g/mol. The molecule has 1 aromatic carbocycles. The minimum absolute atomic E-state index is 0.0177. The fraction of sp³-hybridized carbons (Fsp3) is 0.389. The van der Waals surface area contributed by atoms with E-state index in [-0.39, 0.29) is 23.4 Å². The van der Waals surface area contributed by atoms with Gasteiger partial charge in [-0.05, 0) is 54.1 Å². The highest BCUT2D eigenvalue weighted by molar-refractivity contribution is 7.89. The van der Waals surface area contributed by atoms with Crippen molar-refractivity contribution in [1.82, 2.24) is 9.21 Å². The molecule has 0 N–H and O–H groups in total. The first-order valence-corrected chi connectivity index (χ1v) is 11.1. The molecule has 2 heterocycles. The number of fused-ring (bicyclic) bond motifs is 1. The lowest BCUT2D eigenvalue weighted by molar-refractivity contribution is -0.134. The van der Waals surface area contributed by atoms with E-state index in [4.69, 9.17) is 11.6 Å². The molecule has 0 fully saturated rings. The predicted octanol–water partition coefficient (Wildman–Crippen LogP) is 3.56. The van der Waals surface area contributed by atoms with E-state index in [2.05, 4.69) is 11.4 Å². The largest absolute Gasteiger partial charge is 0.334 e. The Kier molecular flexibility index (Phi) is 5.72. The van der Waals surface area contributed by atoms with Crippen LogP contribution in [-0.4, -0.2) is 43.7 Å². The van der Waals surface area contributed by atoms with E-state index in [1.807, 2.05) is 11.8 Å². The number of carbonyl (C=O) groups excluding carboxylic acids is 1. The Labute approximate surface area is 163 Å². The fourth-order valence-electron chi connectivity index (χ4n) is 3.29. The van der Waals surface area contributed by atoms with Crippen molar-refractivity contribution in [2.45, 2.75) is 30.7 Å². The highest BCUT2D eigenvalue weighted by Crippen LogP contribution is 2.35. The van der Waals surface area contributed by atoms with Crippen molar-refractivity contribution >= 4 is 38.9 Å². The first-order chi connectivity index (χ1) is 12.3. The van der Waals surface area contributed by atoms with Gasteiger partial charge in [-0.2, -0.15) is 4.31 Å². The summed E-state index contributed by atoms with van der Waals surface area (Å²) in [6.45, 7) is 2.49. The topological polar surface area (TPSA) is 57.7 Å². The van der Waals surface area contributed by atoms with Crippen LogP contribution in [0.2, 0.25) is 5.02 Å². The second-order valence-electron chi connectivity index (χ2n) is 6.28. The maximum atomic E-state index is 12.8. The number of rotatable bonds is 5. The van der Waals surface area contributed by atoms with Crippen LogP contribution in [0.4, 0.5) is 0 Å². The summed E-state index contributed by atoms with van der Waals surface area (Å²) in [6, 6.07) is 8.05. The van der Waals surface area contributed by atoms with Crippen LogP contribution in [0.25, 0.3) is 0 Å². The number of benzene rings is 1. The van der Waals surface area contributed by atoms with Crippen LogP contribution in [0.5, 0.6) is 0 Å². The average molecular weight is 413 g/mol. The van der Waals surface area contributed by atoms with Crippen LogP contribution in [0.3, 0.4) is 0 Å². The summed E-state index contributed by atoms with van der Waals surface area (Å²) < 4.78 is 26.5. The molecule has 0 unspecified atom stereocenters. The van der Waals surface area contributed by atoms with Gasteiger partial charge in [0.25, 0.3) is 0 Å². The minimum Gasteiger partial charge on any atom is -0.334 e. The van der Waals surface area contributed by atoms with E-state index in [1.165, 1.54) is 41.8 Å². The summed E-state index contributed by atoms with van der Waals surface area (Å²) in [4.78, 5) is 16.1. The molecule has 140 valence electrons. The number of hydrogen-bond acceptors (Lipinski definition) is 4. The zero-order chi connectivity index (χ0) is 18.9. The number of halogens is 1. The van der Waals surface area contributed by atoms with E-state index in [0.717, 1.165) is 17.1 Å². The lowest BCUT2D eigenvalue weighted by Crippen LogP contribution is -2.45.